The highest BCUT2D eigenvalue weighted by Gasteiger charge is 2.18. The highest BCUT2D eigenvalue weighted by atomic mass is 32.2. The van der Waals surface area contributed by atoms with Gasteiger partial charge in [0.25, 0.3) is 0 Å². The zero-order valence-corrected chi connectivity index (χ0v) is 13.0. The molecule has 114 valence electrons. The molecule has 0 aliphatic heterocycles. The third kappa shape index (κ3) is 3.69. The Hall–Kier alpha value is -1.69. The molecule has 1 aromatic carbocycles. The quantitative estimate of drug-likeness (QED) is 0.822. The highest BCUT2D eigenvalue weighted by Crippen LogP contribution is 2.19. The molecular weight excluding hydrogens is 291 g/mol. The minimum atomic E-state index is -3.58. The number of rotatable bonds is 6. The van der Waals surface area contributed by atoms with Gasteiger partial charge < -0.3 is 0 Å². The van der Waals surface area contributed by atoms with E-state index in [2.05, 4.69) is 18.9 Å². The van der Waals surface area contributed by atoms with Crippen LogP contribution in [0, 0.1) is 5.82 Å². The molecule has 0 aliphatic rings. The van der Waals surface area contributed by atoms with Crippen molar-refractivity contribution in [3.63, 3.8) is 0 Å². The van der Waals surface area contributed by atoms with Crippen molar-refractivity contribution < 1.29 is 12.8 Å². The smallest absolute Gasteiger partial charge is 0.184 e. The van der Waals surface area contributed by atoms with Gasteiger partial charge in [0.15, 0.2) is 9.84 Å². The summed E-state index contributed by atoms with van der Waals surface area (Å²) in [5, 5.41) is 4.33. The highest BCUT2D eigenvalue weighted by molar-refractivity contribution is 7.90. The molecule has 1 aromatic heterocycles. The SMILES string of the molecule is CCC(CC)n1ccc(CS(=O)(=O)c2cccc(F)c2)n1. The molecular formula is C15H19FN2O2S. The summed E-state index contributed by atoms with van der Waals surface area (Å²) in [6, 6.07) is 7.03. The summed E-state index contributed by atoms with van der Waals surface area (Å²) in [4.78, 5) is -0.0143. The lowest BCUT2D eigenvalue weighted by Gasteiger charge is -2.12. The van der Waals surface area contributed by atoms with Gasteiger partial charge in [-0.2, -0.15) is 5.10 Å². The summed E-state index contributed by atoms with van der Waals surface area (Å²) in [6.45, 7) is 4.14. The maximum absolute atomic E-state index is 13.2. The van der Waals surface area contributed by atoms with Gasteiger partial charge in [-0.05, 0) is 37.1 Å². The fourth-order valence-corrected chi connectivity index (χ4v) is 3.55. The Kier molecular flexibility index (Phi) is 4.77. The fraction of sp³-hybridized carbons (Fsp3) is 0.400. The Bertz CT molecular complexity index is 706. The van der Waals surface area contributed by atoms with Gasteiger partial charge >= 0.3 is 0 Å². The van der Waals surface area contributed by atoms with Gasteiger partial charge in [0, 0.05) is 6.20 Å². The molecule has 0 saturated carbocycles. The Balaban J connectivity index is 2.21. The molecule has 0 radical (unpaired) electrons. The number of nitrogens with zero attached hydrogens (tertiary/aromatic N) is 2. The predicted molar refractivity (Wildman–Crippen MR) is 79.1 cm³/mol. The van der Waals surface area contributed by atoms with Gasteiger partial charge in [-0.3, -0.25) is 4.68 Å². The third-order valence-electron chi connectivity index (χ3n) is 3.47. The van der Waals surface area contributed by atoms with Gasteiger partial charge in [0.05, 0.1) is 22.4 Å². The van der Waals surface area contributed by atoms with E-state index in [0.29, 0.717) is 5.69 Å². The van der Waals surface area contributed by atoms with Crippen molar-refractivity contribution >= 4 is 9.84 Å². The van der Waals surface area contributed by atoms with Crippen LogP contribution in [-0.4, -0.2) is 18.2 Å². The van der Waals surface area contributed by atoms with Crippen molar-refractivity contribution in [1.29, 1.82) is 0 Å². The van der Waals surface area contributed by atoms with Gasteiger partial charge in [0.1, 0.15) is 5.82 Å². The van der Waals surface area contributed by atoms with E-state index in [0.717, 1.165) is 18.9 Å². The van der Waals surface area contributed by atoms with Crippen molar-refractivity contribution in [3.05, 3.63) is 48.0 Å². The number of halogens is 1. The van der Waals surface area contributed by atoms with Crippen LogP contribution >= 0.6 is 0 Å². The molecule has 21 heavy (non-hydrogen) atoms. The van der Waals surface area contributed by atoms with E-state index < -0.39 is 15.7 Å². The van der Waals surface area contributed by atoms with Crippen LogP contribution in [0.5, 0.6) is 0 Å². The maximum atomic E-state index is 13.2. The second-order valence-corrected chi connectivity index (χ2v) is 6.96. The molecule has 0 atom stereocenters. The van der Waals surface area contributed by atoms with Crippen molar-refractivity contribution in [3.8, 4) is 0 Å². The Morgan fingerprint density at radius 1 is 1.24 bits per heavy atom. The van der Waals surface area contributed by atoms with Crippen LogP contribution in [0.3, 0.4) is 0 Å². The molecule has 4 nitrogen and oxygen atoms in total. The van der Waals surface area contributed by atoms with E-state index in [1.807, 2.05) is 0 Å². The molecule has 0 fully saturated rings. The van der Waals surface area contributed by atoms with Crippen molar-refractivity contribution in [2.75, 3.05) is 0 Å². The molecule has 2 rings (SSSR count). The van der Waals surface area contributed by atoms with Gasteiger partial charge in [0.2, 0.25) is 0 Å². The number of sulfone groups is 1. The molecule has 0 unspecified atom stereocenters. The first-order valence-electron chi connectivity index (χ1n) is 6.98. The largest absolute Gasteiger partial charge is 0.269 e. The van der Waals surface area contributed by atoms with E-state index >= 15 is 0 Å². The Morgan fingerprint density at radius 2 is 1.95 bits per heavy atom. The van der Waals surface area contributed by atoms with Crippen LogP contribution in [0.25, 0.3) is 0 Å². The number of hydrogen-bond acceptors (Lipinski definition) is 3. The monoisotopic (exact) mass is 310 g/mol. The summed E-state index contributed by atoms with van der Waals surface area (Å²) in [7, 11) is -3.58. The first kappa shape index (κ1) is 15.7. The summed E-state index contributed by atoms with van der Waals surface area (Å²) < 4.78 is 39.5. The third-order valence-corrected chi connectivity index (χ3v) is 5.12. The van der Waals surface area contributed by atoms with Crippen LogP contribution in [0.1, 0.15) is 38.4 Å². The van der Waals surface area contributed by atoms with E-state index in [-0.39, 0.29) is 16.7 Å². The molecule has 6 heteroatoms. The molecule has 0 bridgehead atoms. The van der Waals surface area contributed by atoms with Crippen molar-refractivity contribution in [2.24, 2.45) is 0 Å². The molecule has 2 aromatic rings. The second kappa shape index (κ2) is 6.39. The van der Waals surface area contributed by atoms with Crippen LogP contribution in [0.4, 0.5) is 4.39 Å². The van der Waals surface area contributed by atoms with Crippen molar-refractivity contribution in [2.45, 2.75) is 43.4 Å². The van der Waals surface area contributed by atoms with Gasteiger partial charge in [-0.15, -0.1) is 0 Å². The Labute approximate surface area is 124 Å². The van der Waals surface area contributed by atoms with Crippen LogP contribution in [0.2, 0.25) is 0 Å². The van der Waals surface area contributed by atoms with E-state index in [1.54, 1.807) is 16.9 Å². The summed E-state index contributed by atoms with van der Waals surface area (Å²) >= 11 is 0. The molecule has 0 aliphatic carbocycles. The normalized spacial score (nSPS) is 12.0. The summed E-state index contributed by atoms with van der Waals surface area (Å²) in [6.07, 6.45) is 3.68. The zero-order valence-electron chi connectivity index (χ0n) is 12.2. The van der Waals surface area contributed by atoms with Crippen molar-refractivity contribution in [1.82, 2.24) is 9.78 Å². The first-order chi connectivity index (χ1) is 9.96. The molecule has 0 amide bonds. The average molecular weight is 310 g/mol. The topological polar surface area (TPSA) is 52.0 Å². The van der Waals surface area contributed by atoms with E-state index in [4.69, 9.17) is 0 Å². The maximum Gasteiger partial charge on any atom is 0.184 e. The molecule has 0 saturated heterocycles. The first-order valence-corrected chi connectivity index (χ1v) is 8.64. The van der Waals surface area contributed by atoms with Crippen LogP contribution < -0.4 is 0 Å². The van der Waals surface area contributed by atoms with E-state index in [9.17, 15) is 12.8 Å². The fourth-order valence-electron chi connectivity index (χ4n) is 2.26. The van der Waals surface area contributed by atoms with Crippen LogP contribution in [0.15, 0.2) is 41.4 Å². The number of aromatic nitrogens is 2. The second-order valence-electron chi connectivity index (χ2n) is 4.97. The van der Waals surface area contributed by atoms with Crippen LogP contribution in [-0.2, 0) is 15.6 Å². The molecule has 1 heterocycles. The zero-order chi connectivity index (χ0) is 15.5. The lowest BCUT2D eigenvalue weighted by Crippen LogP contribution is -2.10. The summed E-state index contributed by atoms with van der Waals surface area (Å²) in [5.41, 5.74) is 0.478. The molecule has 0 N–H and O–H groups in total. The van der Waals surface area contributed by atoms with Gasteiger partial charge in [-0.25, -0.2) is 12.8 Å². The predicted octanol–water partition coefficient (Wildman–Crippen LogP) is 3.36. The van der Waals surface area contributed by atoms with Gasteiger partial charge in [-0.1, -0.05) is 19.9 Å². The Morgan fingerprint density at radius 3 is 2.57 bits per heavy atom. The lowest BCUT2D eigenvalue weighted by molar-refractivity contribution is 0.426. The van der Waals surface area contributed by atoms with E-state index in [1.165, 1.54) is 18.2 Å². The average Bonchev–Trinajstić information content (AvgIpc) is 2.88. The number of hydrogen-bond donors (Lipinski definition) is 0. The minimum Gasteiger partial charge on any atom is -0.269 e. The standard InChI is InChI=1S/C15H19FN2O2S/c1-3-14(4-2)18-9-8-13(17-18)11-21(19,20)15-7-5-6-12(16)10-15/h5-10,14H,3-4,11H2,1-2H3. The lowest BCUT2D eigenvalue weighted by atomic mass is 10.2. The summed E-state index contributed by atoms with van der Waals surface area (Å²) in [5.74, 6) is -0.775. The minimum absolute atomic E-state index is 0.0143. The molecule has 0 spiro atoms. The number of benzene rings is 1.